The van der Waals surface area contributed by atoms with Gasteiger partial charge in [-0.2, -0.15) is 12.6 Å². The molecule has 0 radical (unpaired) electrons. The summed E-state index contributed by atoms with van der Waals surface area (Å²) in [7, 11) is 0. The van der Waals surface area contributed by atoms with E-state index in [2.05, 4.69) is 12.6 Å². The van der Waals surface area contributed by atoms with E-state index in [1.165, 1.54) is 0 Å². The summed E-state index contributed by atoms with van der Waals surface area (Å²) in [6, 6.07) is 0. The minimum absolute atomic E-state index is 0.158. The van der Waals surface area contributed by atoms with Crippen LogP contribution in [0, 0.1) is 5.92 Å². The molecule has 0 rings (SSSR count). The van der Waals surface area contributed by atoms with Gasteiger partial charge < -0.3 is 5.11 Å². The third-order valence-electron chi connectivity index (χ3n) is 1.32. The molecule has 0 heterocycles. The molecule has 0 aromatic heterocycles. The Morgan fingerprint density at radius 3 is 2.22 bits per heavy atom. The smallest absolute Gasteiger partial charge is 0.303 e. The first-order valence-corrected chi connectivity index (χ1v) is 3.45. The molecule has 0 bridgehead atoms. The highest BCUT2D eigenvalue weighted by Crippen LogP contribution is 2.12. The third-order valence-corrected chi connectivity index (χ3v) is 1.83. The molecule has 0 saturated heterocycles. The summed E-state index contributed by atoms with van der Waals surface area (Å²) in [5.41, 5.74) is 0. The zero-order valence-electron chi connectivity index (χ0n) is 5.66. The molecular formula is C6H12O2S. The van der Waals surface area contributed by atoms with E-state index in [0.29, 0.717) is 0 Å². The van der Waals surface area contributed by atoms with E-state index in [1.54, 1.807) is 0 Å². The second kappa shape index (κ2) is 3.77. The summed E-state index contributed by atoms with van der Waals surface area (Å²) < 4.78 is 0. The molecule has 0 aromatic rings. The van der Waals surface area contributed by atoms with E-state index in [4.69, 9.17) is 5.11 Å². The van der Waals surface area contributed by atoms with Crippen LogP contribution in [-0.2, 0) is 4.79 Å². The Kier molecular flexibility index (Phi) is 3.70. The lowest BCUT2D eigenvalue weighted by molar-refractivity contribution is -0.137. The van der Waals surface area contributed by atoms with E-state index in [1.807, 2.05) is 13.8 Å². The van der Waals surface area contributed by atoms with Crippen LogP contribution >= 0.6 is 12.6 Å². The lowest BCUT2D eigenvalue weighted by atomic mass is 10.1. The zero-order valence-corrected chi connectivity index (χ0v) is 6.56. The molecule has 9 heavy (non-hydrogen) atoms. The van der Waals surface area contributed by atoms with Crippen LogP contribution in [0.15, 0.2) is 0 Å². The second-order valence-corrected chi connectivity index (χ2v) is 3.13. The van der Waals surface area contributed by atoms with E-state index in [9.17, 15) is 4.79 Å². The first-order chi connectivity index (χ1) is 4.04. The predicted octanol–water partition coefficient (Wildman–Crippen LogP) is 1.42. The Bertz CT molecular complexity index is 101. The van der Waals surface area contributed by atoms with Crippen molar-refractivity contribution in [3.05, 3.63) is 0 Å². The van der Waals surface area contributed by atoms with Crippen molar-refractivity contribution in [3.63, 3.8) is 0 Å². The topological polar surface area (TPSA) is 37.3 Å². The van der Waals surface area contributed by atoms with E-state index >= 15 is 0 Å². The van der Waals surface area contributed by atoms with Gasteiger partial charge in [-0.3, -0.25) is 4.79 Å². The summed E-state index contributed by atoms with van der Waals surface area (Å²) in [5.74, 6) is -0.589. The summed E-state index contributed by atoms with van der Waals surface area (Å²) in [5, 5.41) is 8.47. The van der Waals surface area contributed by atoms with E-state index in [0.717, 1.165) is 0 Å². The first-order valence-electron chi connectivity index (χ1n) is 2.94. The molecule has 54 valence electrons. The fourth-order valence-corrected chi connectivity index (χ4v) is 0.551. The van der Waals surface area contributed by atoms with Crippen LogP contribution in [0.1, 0.15) is 20.3 Å². The van der Waals surface area contributed by atoms with Gasteiger partial charge in [0.05, 0.1) is 0 Å². The van der Waals surface area contributed by atoms with Gasteiger partial charge in [0, 0.05) is 11.7 Å². The van der Waals surface area contributed by atoms with Crippen molar-refractivity contribution in [3.8, 4) is 0 Å². The van der Waals surface area contributed by atoms with Crippen molar-refractivity contribution in [1.29, 1.82) is 0 Å². The fraction of sp³-hybridized carbons (Fsp3) is 0.833. The maximum Gasteiger partial charge on any atom is 0.303 e. The first kappa shape index (κ1) is 8.82. The van der Waals surface area contributed by atoms with E-state index < -0.39 is 5.97 Å². The molecule has 0 aliphatic heterocycles. The second-order valence-electron chi connectivity index (χ2n) is 2.32. The van der Waals surface area contributed by atoms with Crippen LogP contribution < -0.4 is 0 Å². The molecule has 0 spiro atoms. The third kappa shape index (κ3) is 4.33. The number of hydrogen-bond donors (Lipinski definition) is 2. The normalized spacial score (nSPS) is 16.8. The van der Waals surface area contributed by atoms with Crippen LogP contribution in [0.3, 0.4) is 0 Å². The molecule has 0 aromatic carbocycles. The van der Waals surface area contributed by atoms with Gasteiger partial charge in [-0.25, -0.2) is 0 Å². The standard InChI is InChI=1S/C6H12O2S/c1-4(5(2)9)3-6(7)8/h4-5,9H,3H2,1-2H3,(H,7,8). The molecule has 0 fully saturated rings. The highest BCUT2D eigenvalue weighted by Gasteiger charge is 2.10. The van der Waals surface area contributed by atoms with Gasteiger partial charge in [0.15, 0.2) is 0 Å². The van der Waals surface area contributed by atoms with Crippen LogP contribution in [0.25, 0.3) is 0 Å². The Balaban J connectivity index is 3.50. The van der Waals surface area contributed by atoms with Crippen molar-refractivity contribution >= 4 is 18.6 Å². The number of rotatable bonds is 3. The van der Waals surface area contributed by atoms with E-state index in [-0.39, 0.29) is 17.6 Å². The number of carbonyl (C=O) groups is 1. The molecule has 0 aliphatic carbocycles. The highest BCUT2D eigenvalue weighted by atomic mass is 32.1. The van der Waals surface area contributed by atoms with Crippen molar-refractivity contribution in [1.82, 2.24) is 0 Å². The highest BCUT2D eigenvalue weighted by molar-refractivity contribution is 7.80. The number of thiol groups is 1. The average Bonchev–Trinajstić information content (AvgIpc) is 1.63. The minimum atomic E-state index is -0.747. The van der Waals surface area contributed by atoms with Crippen LogP contribution in [-0.4, -0.2) is 16.3 Å². The van der Waals surface area contributed by atoms with Crippen molar-refractivity contribution in [2.24, 2.45) is 5.92 Å². The lowest BCUT2D eigenvalue weighted by Crippen LogP contribution is -2.12. The Hall–Kier alpha value is -0.180. The van der Waals surface area contributed by atoms with Gasteiger partial charge in [-0.05, 0) is 5.92 Å². The molecule has 3 heteroatoms. The number of hydrogen-bond acceptors (Lipinski definition) is 2. The fourth-order valence-electron chi connectivity index (χ4n) is 0.446. The summed E-state index contributed by atoms with van der Waals surface area (Å²) in [4.78, 5) is 10.1. The van der Waals surface area contributed by atoms with Crippen molar-refractivity contribution < 1.29 is 9.90 Å². The average molecular weight is 148 g/mol. The van der Waals surface area contributed by atoms with Gasteiger partial charge in [0.2, 0.25) is 0 Å². The molecule has 2 atom stereocenters. The van der Waals surface area contributed by atoms with Gasteiger partial charge in [0.1, 0.15) is 0 Å². The van der Waals surface area contributed by atoms with Gasteiger partial charge in [0.25, 0.3) is 0 Å². The Labute approximate surface area is 60.7 Å². The predicted molar refractivity (Wildman–Crippen MR) is 39.9 cm³/mol. The van der Waals surface area contributed by atoms with Crippen molar-refractivity contribution in [2.45, 2.75) is 25.5 Å². The van der Waals surface area contributed by atoms with Gasteiger partial charge >= 0.3 is 5.97 Å². The maximum absolute atomic E-state index is 10.1. The van der Waals surface area contributed by atoms with Crippen molar-refractivity contribution in [2.75, 3.05) is 0 Å². The molecule has 0 aliphatic rings. The monoisotopic (exact) mass is 148 g/mol. The molecule has 1 N–H and O–H groups in total. The van der Waals surface area contributed by atoms with Gasteiger partial charge in [-0.15, -0.1) is 0 Å². The molecular weight excluding hydrogens is 136 g/mol. The number of carboxylic acid groups (broad SMARTS) is 1. The molecule has 0 amide bonds. The molecule has 2 unspecified atom stereocenters. The minimum Gasteiger partial charge on any atom is -0.481 e. The van der Waals surface area contributed by atoms with Gasteiger partial charge in [-0.1, -0.05) is 13.8 Å². The Morgan fingerprint density at radius 2 is 2.11 bits per heavy atom. The quantitative estimate of drug-likeness (QED) is 0.594. The van der Waals surface area contributed by atoms with Crippen LogP contribution in [0.4, 0.5) is 0 Å². The lowest BCUT2D eigenvalue weighted by Gasteiger charge is -2.10. The number of aliphatic carboxylic acids is 1. The molecule has 0 saturated carbocycles. The Morgan fingerprint density at radius 1 is 1.67 bits per heavy atom. The van der Waals surface area contributed by atoms with Crippen LogP contribution in [0.5, 0.6) is 0 Å². The summed E-state index contributed by atoms with van der Waals surface area (Å²) in [6.45, 7) is 3.78. The maximum atomic E-state index is 10.1. The SMILES string of the molecule is CC(S)C(C)CC(=O)O. The largest absolute Gasteiger partial charge is 0.481 e. The molecule has 2 nitrogen and oxygen atoms in total. The zero-order chi connectivity index (χ0) is 7.44. The summed E-state index contributed by atoms with van der Waals surface area (Å²) in [6.07, 6.45) is 0.213. The van der Waals surface area contributed by atoms with Crippen LogP contribution in [0.2, 0.25) is 0 Å². The number of carboxylic acids is 1. The summed E-state index contributed by atoms with van der Waals surface area (Å²) >= 11 is 4.10.